The minimum absolute atomic E-state index is 0.0686. The number of carboxylic acid groups (broad SMARTS) is 1. The fourth-order valence-corrected chi connectivity index (χ4v) is 5.15. The quantitative estimate of drug-likeness (QED) is 0.731. The van der Waals surface area contributed by atoms with Crippen molar-refractivity contribution >= 4 is 23.6 Å². The number of carbonyl (C=O) groups is 2. The lowest BCUT2D eigenvalue weighted by atomic mass is 9.89. The zero-order chi connectivity index (χ0) is 20.0. The molecule has 2 saturated heterocycles. The predicted molar refractivity (Wildman–Crippen MR) is 93.8 cm³/mol. The molecule has 3 fully saturated rings. The van der Waals surface area contributed by atoms with Crippen LogP contribution in [0.4, 0.5) is 13.2 Å². The lowest BCUT2D eigenvalue weighted by molar-refractivity contribution is -0.192. The summed E-state index contributed by atoms with van der Waals surface area (Å²) in [5, 5.41) is 20.2. The molecule has 3 rings (SSSR count). The molecule has 3 atom stereocenters. The summed E-state index contributed by atoms with van der Waals surface area (Å²) >= 11 is 1.91. The van der Waals surface area contributed by atoms with Crippen molar-refractivity contribution in [2.45, 2.75) is 68.6 Å². The van der Waals surface area contributed by atoms with Gasteiger partial charge in [0.2, 0.25) is 5.91 Å². The molecule has 0 aromatic heterocycles. The van der Waals surface area contributed by atoms with Crippen molar-refractivity contribution in [3.8, 4) is 6.07 Å². The topological polar surface area (TPSA) is 93.4 Å². The van der Waals surface area contributed by atoms with Gasteiger partial charge in [-0.2, -0.15) is 18.4 Å². The van der Waals surface area contributed by atoms with Gasteiger partial charge < -0.3 is 10.0 Å². The maximum Gasteiger partial charge on any atom is 0.490 e. The van der Waals surface area contributed by atoms with Gasteiger partial charge in [-0.1, -0.05) is 19.3 Å². The number of nitriles is 1. The lowest BCUT2D eigenvalue weighted by Gasteiger charge is -2.28. The van der Waals surface area contributed by atoms with Crippen molar-refractivity contribution < 1.29 is 27.9 Å². The fraction of sp³-hybridized carbons (Fsp3) is 0.824. The fourth-order valence-electron chi connectivity index (χ4n) is 3.71. The number of amides is 1. The summed E-state index contributed by atoms with van der Waals surface area (Å²) in [6.45, 7) is 0.758. The molecule has 2 N–H and O–H groups in total. The Kier molecular flexibility index (Phi) is 7.79. The van der Waals surface area contributed by atoms with Gasteiger partial charge in [0.05, 0.1) is 17.5 Å². The van der Waals surface area contributed by atoms with Crippen molar-refractivity contribution in [1.82, 2.24) is 10.2 Å². The number of aliphatic carboxylic acids is 1. The molecule has 1 aliphatic carbocycles. The van der Waals surface area contributed by atoms with Crippen LogP contribution < -0.4 is 5.32 Å². The Morgan fingerprint density at radius 2 is 1.78 bits per heavy atom. The van der Waals surface area contributed by atoms with E-state index in [-0.39, 0.29) is 18.0 Å². The highest BCUT2D eigenvalue weighted by molar-refractivity contribution is 8.00. The molecule has 1 amide bonds. The van der Waals surface area contributed by atoms with Crippen molar-refractivity contribution in [2.24, 2.45) is 5.92 Å². The molecule has 152 valence electrons. The highest BCUT2D eigenvalue weighted by Crippen LogP contribution is 2.35. The maximum absolute atomic E-state index is 12.5. The van der Waals surface area contributed by atoms with E-state index in [4.69, 9.17) is 15.2 Å². The van der Waals surface area contributed by atoms with Gasteiger partial charge >= 0.3 is 12.1 Å². The van der Waals surface area contributed by atoms with E-state index in [1.54, 1.807) is 4.90 Å². The first-order valence-electron chi connectivity index (χ1n) is 9.12. The van der Waals surface area contributed by atoms with Gasteiger partial charge in [0.15, 0.2) is 0 Å². The molecule has 0 radical (unpaired) electrons. The molecule has 27 heavy (non-hydrogen) atoms. The SMILES string of the molecule is N#C[C@@H]1CCCN1C(=O)[C@@H]1CSC(C2CCCCC2)N1.O=C(O)C(F)(F)F. The third-order valence-electron chi connectivity index (χ3n) is 5.11. The van der Waals surface area contributed by atoms with E-state index >= 15 is 0 Å². The van der Waals surface area contributed by atoms with Gasteiger partial charge in [0.1, 0.15) is 6.04 Å². The van der Waals surface area contributed by atoms with Crippen LogP contribution in [0.15, 0.2) is 0 Å². The highest BCUT2D eigenvalue weighted by Gasteiger charge is 2.39. The molecular weight excluding hydrogens is 383 g/mol. The number of likely N-dealkylation sites (tertiary alicyclic amines) is 1. The van der Waals surface area contributed by atoms with Gasteiger partial charge in [0.25, 0.3) is 0 Å². The Balaban J connectivity index is 0.000000321. The van der Waals surface area contributed by atoms with Crippen LogP contribution in [0.2, 0.25) is 0 Å². The van der Waals surface area contributed by atoms with Crippen LogP contribution in [0.3, 0.4) is 0 Å². The lowest BCUT2D eigenvalue weighted by Crippen LogP contribution is -2.48. The number of nitrogens with one attached hydrogen (secondary N) is 1. The number of carboxylic acids is 1. The average molecular weight is 407 g/mol. The Morgan fingerprint density at radius 1 is 1.15 bits per heavy atom. The van der Waals surface area contributed by atoms with E-state index in [0.717, 1.165) is 31.1 Å². The first kappa shape index (κ1) is 21.8. The number of nitrogens with zero attached hydrogens (tertiary/aromatic N) is 2. The molecule has 2 heterocycles. The second-order valence-electron chi connectivity index (χ2n) is 6.99. The Morgan fingerprint density at radius 3 is 2.33 bits per heavy atom. The molecule has 6 nitrogen and oxygen atoms in total. The summed E-state index contributed by atoms with van der Waals surface area (Å²) < 4.78 is 31.7. The summed E-state index contributed by atoms with van der Waals surface area (Å²) in [5.74, 6) is -1.00. The maximum atomic E-state index is 12.5. The Labute approximate surface area is 160 Å². The second-order valence-corrected chi connectivity index (χ2v) is 8.17. The standard InChI is InChI=1S/C15H23N3OS.C2HF3O2/c16-9-12-7-4-8-18(12)15(19)13-10-20-14(17-13)11-5-2-1-3-6-11;3-2(4,5)1(6)7/h11-14,17H,1-8,10H2;(H,6,7)/t12-,13-,14?;/m0./s1. The molecule has 0 bridgehead atoms. The van der Waals surface area contributed by atoms with Gasteiger partial charge in [-0.05, 0) is 31.6 Å². The molecule has 0 spiro atoms. The third-order valence-corrected chi connectivity index (χ3v) is 6.52. The molecule has 0 aromatic rings. The number of alkyl halides is 3. The van der Waals surface area contributed by atoms with Crippen LogP contribution >= 0.6 is 11.8 Å². The Bertz CT molecular complexity index is 576. The van der Waals surface area contributed by atoms with Crippen molar-refractivity contribution in [2.75, 3.05) is 12.3 Å². The predicted octanol–water partition coefficient (Wildman–Crippen LogP) is 2.75. The van der Waals surface area contributed by atoms with Gasteiger partial charge in [-0.3, -0.25) is 10.1 Å². The first-order valence-corrected chi connectivity index (χ1v) is 10.2. The zero-order valence-corrected chi connectivity index (χ0v) is 15.7. The number of hydrogen-bond acceptors (Lipinski definition) is 5. The third kappa shape index (κ3) is 6.01. The number of hydrogen-bond donors (Lipinski definition) is 2. The first-order chi connectivity index (χ1) is 12.7. The van der Waals surface area contributed by atoms with Crippen LogP contribution in [-0.4, -0.2) is 57.8 Å². The van der Waals surface area contributed by atoms with E-state index in [0.29, 0.717) is 5.37 Å². The number of thioether (sulfide) groups is 1. The number of carbonyl (C=O) groups excluding carboxylic acids is 1. The summed E-state index contributed by atoms with van der Waals surface area (Å²) in [4.78, 5) is 23.2. The van der Waals surface area contributed by atoms with Crippen LogP contribution in [-0.2, 0) is 9.59 Å². The van der Waals surface area contributed by atoms with Crippen LogP contribution in [0.5, 0.6) is 0 Å². The molecule has 0 aromatic carbocycles. The van der Waals surface area contributed by atoms with Gasteiger partial charge in [-0.25, -0.2) is 4.79 Å². The smallest absolute Gasteiger partial charge is 0.475 e. The van der Waals surface area contributed by atoms with E-state index in [2.05, 4.69) is 11.4 Å². The second kappa shape index (κ2) is 9.64. The normalized spacial score (nSPS) is 29.0. The largest absolute Gasteiger partial charge is 0.490 e. The number of halogens is 3. The summed E-state index contributed by atoms with van der Waals surface area (Å²) in [6, 6.07) is 2.00. The number of rotatable bonds is 2. The van der Waals surface area contributed by atoms with Gasteiger partial charge in [0, 0.05) is 12.3 Å². The van der Waals surface area contributed by atoms with E-state index in [1.165, 1.54) is 32.1 Å². The molecule has 1 unspecified atom stereocenters. The molecule has 3 aliphatic rings. The van der Waals surface area contributed by atoms with Crippen LogP contribution in [0.25, 0.3) is 0 Å². The van der Waals surface area contributed by atoms with E-state index in [1.807, 2.05) is 11.8 Å². The summed E-state index contributed by atoms with van der Waals surface area (Å²) in [6.07, 6.45) is 3.37. The summed E-state index contributed by atoms with van der Waals surface area (Å²) in [7, 11) is 0. The monoisotopic (exact) mass is 407 g/mol. The molecular formula is C17H24F3N3O3S. The minimum atomic E-state index is -5.08. The Hall–Kier alpha value is -1.47. The van der Waals surface area contributed by atoms with Crippen LogP contribution in [0, 0.1) is 17.2 Å². The van der Waals surface area contributed by atoms with E-state index < -0.39 is 12.1 Å². The summed E-state index contributed by atoms with van der Waals surface area (Å²) in [5.41, 5.74) is 0. The molecule has 2 aliphatic heterocycles. The molecule has 10 heteroatoms. The zero-order valence-electron chi connectivity index (χ0n) is 14.9. The van der Waals surface area contributed by atoms with Gasteiger partial charge in [-0.15, -0.1) is 11.8 Å². The van der Waals surface area contributed by atoms with Crippen molar-refractivity contribution in [1.29, 1.82) is 5.26 Å². The van der Waals surface area contributed by atoms with E-state index in [9.17, 15) is 18.0 Å². The average Bonchev–Trinajstić information content (AvgIpc) is 3.31. The molecule has 1 saturated carbocycles. The van der Waals surface area contributed by atoms with Crippen molar-refractivity contribution in [3.05, 3.63) is 0 Å². The van der Waals surface area contributed by atoms with Crippen molar-refractivity contribution in [3.63, 3.8) is 0 Å². The minimum Gasteiger partial charge on any atom is -0.475 e. The highest BCUT2D eigenvalue weighted by atomic mass is 32.2. The van der Waals surface area contributed by atoms with Crippen LogP contribution in [0.1, 0.15) is 44.9 Å².